The summed E-state index contributed by atoms with van der Waals surface area (Å²) in [6.07, 6.45) is 3.66. The van der Waals surface area contributed by atoms with Crippen LogP contribution in [0, 0.1) is 20.8 Å². The van der Waals surface area contributed by atoms with Gasteiger partial charge in [0.1, 0.15) is 22.9 Å². The van der Waals surface area contributed by atoms with Crippen LogP contribution in [0.2, 0.25) is 0 Å². The Morgan fingerprint density at radius 3 is 2.80 bits per heavy atom. The monoisotopic (exact) mass is 398 g/mol. The third kappa shape index (κ3) is 2.97. The minimum Gasteiger partial charge on any atom is -0.467 e. The fourth-order valence-corrected chi connectivity index (χ4v) is 3.79. The van der Waals surface area contributed by atoms with Gasteiger partial charge < -0.3 is 14.7 Å². The van der Waals surface area contributed by atoms with Crippen LogP contribution in [0.15, 0.2) is 64.1 Å². The lowest BCUT2D eigenvalue weighted by molar-refractivity contribution is 0.518. The molecule has 0 spiro atoms. The molecule has 5 aromatic rings. The number of aryl methyl sites for hydroxylation is 3. The lowest BCUT2D eigenvalue weighted by atomic mass is 10.0. The Morgan fingerprint density at radius 1 is 1.13 bits per heavy atom. The second-order valence-corrected chi connectivity index (χ2v) is 7.66. The van der Waals surface area contributed by atoms with Crippen LogP contribution in [0.1, 0.15) is 22.5 Å². The Bertz CT molecular complexity index is 1440. The number of hydrogen-bond acceptors (Lipinski definition) is 4. The van der Waals surface area contributed by atoms with Crippen LogP contribution in [-0.2, 0) is 6.54 Å². The first-order valence-corrected chi connectivity index (χ1v) is 9.90. The van der Waals surface area contributed by atoms with E-state index in [0.717, 1.165) is 44.8 Å². The number of benzene rings is 1. The highest BCUT2D eigenvalue weighted by molar-refractivity contribution is 5.88. The van der Waals surface area contributed by atoms with Crippen LogP contribution in [0.25, 0.3) is 27.8 Å². The summed E-state index contributed by atoms with van der Waals surface area (Å²) < 4.78 is 7.44. The maximum absolute atomic E-state index is 13.1. The highest BCUT2D eigenvalue weighted by Gasteiger charge is 2.18. The molecular weight excluding hydrogens is 376 g/mol. The Hall–Kier alpha value is -3.80. The van der Waals surface area contributed by atoms with Gasteiger partial charge in [0, 0.05) is 6.20 Å². The van der Waals surface area contributed by atoms with E-state index in [9.17, 15) is 4.79 Å². The largest absolute Gasteiger partial charge is 0.467 e. The van der Waals surface area contributed by atoms with E-state index in [4.69, 9.17) is 9.40 Å². The quantitative estimate of drug-likeness (QED) is 0.448. The number of anilines is 1. The first-order valence-electron chi connectivity index (χ1n) is 9.90. The summed E-state index contributed by atoms with van der Waals surface area (Å²) in [4.78, 5) is 20.9. The summed E-state index contributed by atoms with van der Waals surface area (Å²) in [5.74, 6) is 1.57. The molecule has 0 unspecified atom stereocenters. The van der Waals surface area contributed by atoms with Crippen LogP contribution < -0.4 is 10.9 Å². The molecule has 0 saturated carbocycles. The lowest BCUT2D eigenvalue weighted by Gasteiger charge is -2.10. The van der Waals surface area contributed by atoms with E-state index in [2.05, 4.69) is 16.4 Å². The van der Waals surface area contributed by atoms with Crippen LogP contribution in [-0.4, -0.2) is 14.4 Å². The molecule has 0 atom stereocenters. The van der Waals surface area contributed by atoms with Crippen molar-refractivity contribution in [3.63, 3.8) is 0 Å². The van der Waals surface area contributed by atoms with Gasteiger partial charge in [-0.15, -0.1) is 0 Å². The third-order valence-corrected chi connectivity index (χ3v) is 5.58. The molecule has 0 aliphatic heterocycles. The summed E-state index contributed by atoms with van der Waals surface area (Å²) in [5, 5.41) is 4.40. The molecule has 0 fully saturated rings. The fraction of sp³-hybridized carbons (Fsp3) is 0.167. The molecule has 6 nitrogen and oxygen atoms in total. The smallest absolute Gasteiger partial charge is 0.258 e. The zero-order valence-electron chi connectivity index (χ0n) is 17.1. The van der Waals surface area contributed by atoms with Crippen LogP contribution in [0.4, 0.5) is 5.82 Å². The maximum Gasteiger partial charge on any atom is 0.258 e. The number of furan rings is 1. The number of fused-ring (bicyclic) bond motifs is 2. The number of nitrogens with one attached hydrogen (secondary N) is 2. The van der Waals surface area contributed by atoms with Crippen LogP contribution in [0.5, 0.6) is 0 Å². The molecule has 0 aliphatic rings. The molecule has 150 valence electrons. The lowest BCUT2D eigenvalue weighted by Crippen LogP contribution is -2.11. The Kier molecular flexibility index (Phi) is 4.20. The van der Waals surface area contributed by atoms with Crippen molar-refractivity contribution in [3.05, 3.63) is 87.7 Å². The van der Waals surface area contributed by atoms with E-state index < -0.39 is 0 Å². The topological polar surface area (TPSA) is 75.3 Å². The number of pyridine rings is 2. The molecular formula is C24H22N4O2. The van der Waals surface area contributed by atoms with E-state index in [1.165, 1.54) is 0 Å². The van der Waals surface area contributed by atoms with Crippen molar-refractivity contribution in [2.24, 2.45) is 0 Å². The van der Waals surface area contributed by atoms with Crippen molar-refractivity contribution in [3.8, 4) is 11.3 Å². The minimum atomic E-state index is -0.155. The predicted molar refractivity (Wildman–Crippen MR) is 119 cm³/mol. The van der Waals surface area contributed by atoms with Gasteiger partial charge in [-0.25, -0.2) is 4.98 Å². The van der Waals surface area contributed by atoms with Gasteiger partial charge in [-0.3, -0.25) is 9.20 Å². The van der Waals surface area contributed by atoms with E-state index in [1.54, 1.807) is 6.26 Å². The molecule has 5 rings (SSSR count). The molecule has 4 heterocycles. The van der Waals surface area contributed by atoms with Crippen molar-refractivity contribution >= 4 is 22.4 Å². The van der Waals surface area contributed by atoms with Gasteiger partial charge in [-0.2, -0.15) is 0 Å². The Balaban J connectivity index is 1.72. The first kappa shape index (κ1) is 18.2. The average molecular weight is 398 g/mol. The summed E-state index contributed by atoms with van der Waals surface area (Å²) in [6, 6.07) is 13.8. The number of nitrogens with zero attached hydrogens (tertiary/aromatic N) is 2. The summed E-state index contributed by atoms with van der Waals surface area (Å²) in [5.41, 5.74) is 5.98. The molecule has 0 bridgehead atoms. The Labute approximate surface area is 173 Å². The van der Waals surface area contributed by atoms with Crippen molar-refractivity contribution in [2.75, 3.05) is 5.32 Å². The van der Waals surface area contributed by atoms with Gasteiger partial charge >= 0.3 is 0 Å². The normalized spacial score (nSPS) is 11.4. The van der Waals surface area contributed by atoms with Crippen molar-refractivity contribution < 1.29 is 4.42 Å². The van der Waals surface area contributed by atoms with E-state index >= 15 is 0 Å². The third-order valence-electron chi connectivity index (χ3n) is 5.58. The highest BCUT2D eigenvalue weighted by atomic mass is 16.3. The standard InChI is InChI=1S/C24H22N4O2/c1-14-6-9-20-26-22(23(28(20)13-14)25-12-18-5-4-10-30-18)19-11-17-8-7-15(2)16(3)21(17)27-24(19)29/h4-11,13,25H,12H2,1-3H3,(H,27,29). The van der Waals surface area contributed by atoms with Crippen LogP contribution >= 0.6 is 0 Å². The van der Waals surface area contributed by atoms with Gasteiger partial charge in [0.2, 0.25) is 0 Å². The number of aromatic amines is 1. The molecule has 1 aromatic carbocycles. The van der Waals surface area contributed by atoms with Gasteiger partial charge in [0.05, 0.1) is 23.9 Å². The molecule has 0 amide bonds. The number of hydrogen-bond donors (Lipinski definition) is 2. The number of aromatic nitrogens is 3. The predicted octanol–water partition coefficient (Wildman–Crippen LogP) is 4.97. The molecule has 0 aliphatic carbocycles. The average Bonchev–Trinajstić information content (AvgIpc) is 3.37. The first-order chi connectivity index (χ1) is 14.5. The van der Waals surface area contributed by atoms with Crippen LogP contribution in [0.3, 0.4) is 0 Å². The van der Waals surface area contributed by atoms with E-state index in [1.807, 2.05) is 67.8 Å². The zero-order chi connectivity index (χ0) is 20.8. The number of H-pyrrole nitrogens is 1. The van der Waals surface area contributed by atoms with Gasteiger partial charge in [-0.05, 0) is 67.1 Å². The second kappa shape index (κ2) is 6.91. The van der Waals surface area contributed by atoms with E-state index in [0.29, 0.717) is 17.8 Å². The molecule has 0 radical (unpaired) electrons. The van der Waals surface area contributed by atoms with Crippen molar-refractivity contribution in [1.82, 2.24) is 14.4 Å². The summed E-state index contributed by atoms with van der Waals surface area (Å²) >= 11 is 0. The molecule has 30 heavy (non-hydrogen) atoms. The van der Waals surface area contributed by atoms with Crippen molar-refractivity contribution in [2.45, 2.75) is 27.3 Å². The van der Waals surface area contributed by atoms with Gasteiger partial charge in [-0.1, -0.05) is 18.2 Å². The highest BCUT2D eigenvalue weighted by Crippen LogP contribution is 2.30. The van der Waals surface area contributed by atoms with Gasteiger partial charge in [0.25, 0.3) is 5.56 Å². The number of imidazole rings is 1. The number of rotatable bonds is 4. The maximum atomic E-state index is 13.1. The summed E-state index contributed by atoms with van der Waals surface area (Å²) in [6.45, 7) is 6.59. The second-order valence-electron chi connectivity index (χ2n) is 7.66. The fourth-order valence-electron chi connectivity index (χ4n) is 3.79. The molecule has 6 heteroatoms. The van der Waals surface area contributed by atoms with Gasteiger partial charge in [0.15, 0.2) is 0 Å². The molecule has 0 saturated heterocycles. The minimum absolute atomic E-state index is 0.155. The van der Waals surface area contributed by atoms with Crippen molar-refractivity contribution in [1.29, 1.82) is 0 Å². The zero-order valence-corrected chi connectivity index (χ0v) is 17.1. The SMILES string of the molecule is Cc1ccc2nc(-c3cc4ccc(C)c(C)c4[nH]c3=O)c(NCc3ccco3)n2c1. The molecule has 4 aromatic heterocycles. The Morgan fingerprint density at radius 2 is 2.00 bits per heavy atom. The molecule has 2 N–H and O–H groups in total. The summed E-state index contributed by atoms with van der Waals surface area (Å²) in [7, 11) is 0. The van der Waals surface area contributed by atoms with E-state index in [-0.39, 0.29) is 5.56 Å².